The highest BCUT2D eigenvalue weighted by atomic mass is 79.9. The maximum atomic E-state index is 12.6. The van der Waals surface area contributed by atoms with E-state index >= 15 is 0 Å². The Labute approximate surface area is 209 Å². The second kappa shape index (κ2) is 10.8. The molecule has 0 aliphatic heterocycles. The van der Waals surface area contributed by atoms with Gasteiger partial charge in [0.25, 0.3) is 5.91 Å². The molecule has 32 heavy (non-hydrogen) atoms. The third kappa shape index (κ3) is 6.23. The smallest absolute Gasteiger partial charge is 0.266 e. The Bertz CT molecular complexity index is 1210. The molecule has 1 amide bonds. The average Bonchev–Trinajstić information content (AvgIpc) is 2.75. The first-order valence-electron chi connectivity index (χ1n) is 9.63. The number of carbonyl (C=O) groups excluding carboxylic acids is 1. The molecule has 0 saturated carbocycles. The fraction of sp³-hybridized carbons (Fsp3) is 0.120. The number of rotatable bonds is 6. The molecule has 3 aromatic carbocycles. The lowest BCUT2D eigenvalue weighted by atomic mass is 10.1. The Kier molecular flexibility index (Phi) is 8.14. The third-order valence-electron chi connectivity index (χ3n) is 4.76. The minimum atomic E-state index is -0.467. The number of carbonyl (C=O) groups is 1. The normalized spacial score (nSPS) is 11.1. The van der Waals surface area contributed by atoms with Gasteiger partial charge in [-0.15, -0.1) is 0 Å². The summed E-state index contributed by atoms with van der Waals surface area (Å²) in [5.41, 5.74) is 4.49. The third-order valence-corrected chi connectivity index (χ3v) is 6.19. The number of amides is 1. The number of benzene rings is 3. The number of halogens is 3. The molecule has 4 nitrogen and oxygen atoms in total. The van der Waals surface area contributed by atoms with E-state index in [2.05, 4.69) is 37.2 Å². The van der Waals surface area contributed by atoms with Crippen molar-refractivity contribution in [1.82, 2.24) is 0 Å². The number of anilines is 1. The lowest BCUT2D eigenvalue weighted by Gasteiger charge is -2.12. The van der Waals surface area contributed by atoms with Crippen molar-refractivity contribution < 1.29 is 9.53 Å². The van der Waals surface area contributed by atoms with E-state index in [0.717, 1.165) is 16.7 Å². The van der Waals surface area contributed by atoms with Crippen molar-refractivity contribution in [2.45, 2.75) is 20.5 Å². The number of nitrogens with zero attached hydrogens (tertiary/aromatic N) is 1. The van der Waals surface area contributed by atoms with Gasteiger partial charge in [0.15, 0.2) is 0 Å². The van der Waals surface area contributed by atoms with Crippen LogP contribution in [-0.4, -0.2) is 5.91 Å². The fourth-order valence-electron chi connectivity index (χ4n) is 2.87. The van der Waals surface area contributed by atoms with Crippen molar-refractivity contribution in [1.29, 1.82) is 5.26 Å². The lowest BCUT2D eigenvalue weighted by molar-refractivity contribution is -0.112. The topological polar surface area (TPSA) is 62.1 Å². The first-order chi connectivity index (χ1) is 15.3. The van der Waals surface area contributed by atoms with Gasteiger partial charge >= 0.3 is 0 Å². The molecule has 0 spiro atoms. The van der Waals surface area contributed by atoms with Crippen LogP contribution < -0.4 is 10.1 Å². The largest absolute Gasteiger partial charge is 0.487 e. The second-order valence-electron chi connectivity index (χ2n) is 7.15. The Morgan fingerprint density at radius 3 is 2.31 bits per heavy atom. The average molecular weight is 575 g/mol. The molecule has 0 atom stereocenters. The number of ether oxygens (including phenoxy) is 1. The van der Waals surface area contributed by atoms with E-state index in [9.17, 15) is 10.1 Å². The molecule has 162 valence electrons. The maximum Gasteiger partial charge on any atom is 0.266 e. The summed E-state index contributed by atoms with van der Waals surface area (Å²) in [4.78, 5) is 12.6. The van der Waals surface area contributed by atoms with Crippen LogP contribution in [-0.2, 0) is 11.4 Å². The maximum absolute atomic E-state index is 12.6. The van der Waals surface area contributed by atoms with Gasteiger partial charge < -0.3 is 10.1 Å². The van der Waals surface area contributed by atoms with Crippen LogP contribution in [0.25, 0.3) is 6.08 Å². The summed E-state index contributed by atoms with van der Waals surface area (Å²) in [6.45, 7) is 4.34. The quantitative estimate of drug-likeness (QED) is 0.244. The zero-order valence-corrected chi connectivity index (χ0v) is 21.3. The fourth-order valence-corrected chi connectivity index (χ4v) is 4.45. The van der Waals surface area contributed by atoms with E-state index < -0.39 is 5.91 Å². The van der Waals surface area contributed by atoms with Gasteiger partial charge in [-0.05, 0) is 110 Å². The zero-order valence-electron chi connectivity index (χ0n) is 17.4. The van der Waals surface area contributed by atoms with E-state index in [1.54, 1.807) is 12.1 Å². The Morgan fingerprint density at radius 1 is 1.06 bits per heavy atom. The van der Waals surface area contributed by atoms with E-state index in [1.807, 2.05) is 62.4 Å². The predicted octanol–water partition coefficient (Wildman–Crippen LogP) is 7.61. The Morgan fingerprint density at radius 2 is 1.72 bits per heavy atom. The van der Waals surface area contributed by atoms with Gasteiger partial charge in [-0.2, -0.15) is 5.26 Å². The first-order valence-corrected chi connectivity index (χ1v) is 11.6. The number of hydrogen-bond acceptors (Lipinski definition) is 3. The SMILES string of the molecule is Cc1ccc(NC(=O)/C(C#N)=C/c2cc(Br)c(OCc3ccc(Cl)cc3)c(Br)c2)cc1C. The Balaban J connectivity index is 1.77. The number of hydrogen-bond donors (Lipinski definition) is 1. The summed E-state index contributed by atoms with van der Waals surface area (Å²) < 4.78 is 7.31. The lowest BCUT2D eigenvalue weighted by Crippen LogP contribution is -2.13. The summed E-state index contributed by atoms with van der Waals surface area (Å²) in [6.07, 6.45) is 1.54. The molecular formula is C25H19Br2ClN2O2. The van der Waals surface area contributed by atoms with Crippen LogP contribution >= 0.6 is 43.5 Å². The van der Waals surface area contributed by atoms with Crippen LogP contribution in [0.15, 0.2) is 69.1 Å². The molecule has 0 heterocycles. The van der Waals surface area contributed by atoms with Gasteiger partial charge in [-0.25, -0.2) is 0 Å². The van der Waals surface area contributed by atoms with Crippen molar-refractivity contribution in [3.05, 3.63) is 96.4 Å². The van der Waals surface area contributed by atoms with Crippen molar-refractivity contribution in [3.63, 3.8) is 0 Å². The zero-order chi connectivity index (χ0) is 23.3. The van der Waals surface area contributed by atoms with E-state index in [1.165, 1.54) is 6.08 Å². The number of nitriles is 1. The van der Waals surface area contributed by atoms with Crippen LogP contribution in [0.1, 0.15) is 22.3 Å². The number of aryl methyl sites for hydroxylation is 2. The van der Waals surface area contributed by atoms with Gasteiger partial charge in [0.05, 0.1) is 8.95 Å². The summed E-state index contributed by atoms with van der Waals surface area (Å²) in [6, 6.07) is 18.6. The van der Waals surface area contributed by atoms with Crippen LogP contribution in [0.3, 0.4) is 0 Å². The highest BCUT2D eigenvalue weighted by molar-refractivity contribution is 9.11. The predicted molar refractivity (Wildman–Crippen MR) is 136 cm³/mol. The molecule has 0 radical (unpaired) electrons. The number of nitrogens with one attached hydrogen (secondary N) is 1. The molecule has 3 aromatic rings. The van der Waals surface area contributed by atoms with Crippen molar-refractivity contribution in [3.8, 4) is 11.8 Å². The molecule has 1 N–H and O–H groups in total. The highest BCUT2D eigenvalue weighted by Crippen LogP contribution is 2.36. The molecule has 0 unspecified atom stereocenters. The minimum Gasteiger partial charge on any atom is -0.487 e. The van der Waals surface area contributed by atoms with Gasteiger partial charge in [0, 0.05) is 10.7 Å². The van der Waals surface area contributed by atoms with E-state index in [0.29, 0.717) is 37.6 Å². The van der Waals surface area contributed by atoms with Crippen LogP contribution in [0.4, 0.5) is 5.69 Å². The summed E-state index contributed by atoms with van der Waals surface area (Å²) in [7, 11) is 0. The Hall–Kier alpha value is -2.59. The van der Waals surface area contributed by atoms with Gasteiger partial charge in [0.2, 0.25) is 0 Å². The second-order valence-corrected chi connectivity index (χ2v) is 9.30. The molecule has 0 fully saturated rings. The molecule has 0 aliphatic rings. The van der Waals surface area contributed by atoms with Crippen molar-refractivity contribution in [2.75, 3.05) is 5.32 Å². The van der Waals surface area contributed by atoms with Crippen molar-refractivity contribution in [2.24, 2.45) is 0 Å². The monoisotopic (exact) mass is 572 g/mol. The standard InChI is InChI=1S/C25H19Br2ClN2O2/c1-15-3-8-21(9-16(15)2)30-25(31)19(13-29)10-18-11-22(26)24(23(27)12-18)32-14-17-4-6-20(28)7-5-17/h3-12H,14H2,1-2H3,(H,30,31)/b19-10+. The van der Waals surface area contributed by atoms with Crippen LogP contribution in [0, 0.1) is 25.2 Å². The summed E-state index contributed by atoms with van der Waals surface area (Å²) in [5.74, 6) is 0.154. The van der Waals surface area contributed by atoms with Gasteiger partial charge in [-0.3, -0.25) is 4.79 Å². The minimum absolute atomic E-state index is 0.00291. The van der Waals surface area contributed by atoms with Crippen molar-refractivity contribution >= 4 is 61.1 Å². The molecule has 0 aromatic heterocycles. The molecule has 3 rings (SSSR count). The molecular weight excluding hydrogens is 556 g/mol. The van der Waals surface area contributed by atoms with E-state index in [4.69, 9.17) is 16.3 Å². The molecule has 0 saturated heterocycles. The van der Waals surface area contributed by atoms with Gasteiger partial charge in [-0.1, -0.05) is 29.8 Å². The summed E-state index contributed by atoms with van der Waals surface area (Å²) >= 11 is 12.9. The molecule has 0 bridgehead atoms. The van der Waals surface area contributed by atoms with Crippen LogP contribution in [0.2, 0.25) is 5.02 Å². The molecule has 7 heteroatoms. The van der Waals surface area contributed by atoms with Crippen LogP contribution in [0.5, 0.6) is 5.75 Å². The summed E-state index contributed by atoms with van der Waals surface area (Å²) in [5, 5.41) is 13.0. The first kappa shape index (κ1) is 24.1. The molecule has 0 aliphatic carbocycles. The highest BCUT2D eigenvalue weighted by Gasteiger charge is 2.13. The van der Waals surface area contributed by atoms with E-state index in [-0.39, 0.29) is 5.57 Å². The van der Waals surface area contributed by atoms with Gasteiger partial charge in [0.1, 0.15) is 24.0 Å².